The van der Waals surface area contributed by atoms with E-state index in [0.717, 1.165) is 26.1 Å². The monoisotopic (exact) mass is 221 g/mol. The van der Waals surface area contributed by atoms with E-state index in [0.29, 0.717) is 12.5 Å². The van der Waals surface area contributed by atoms with E-state index in [-0.39, 0.29) is 0 Å². The number of likely N-dealkylation sites (tertiary alicyclic amines) is 1. The topological polar surface area (TPSA) is 23.5 Å². The van der Waals surface area contributed by atoms with E-state index in [1.807, 2.05) is 19.9 Å². The van der Waals surface area contributed by atoms with E-state index in [1.54, 1.807) is 0 Å². The summed E-state index contributed by atoms with van der Waals surface area (Å²) in [5, 5.41) is 9.02. The van der Waals surface area contributed by atoms with Crippen LogP contribution in [-0.4, -0.2) is 29.7 Å². The molecule has 1 aliphatic heterocycles. The number of nitrogens with zero attached hydrogens (tertiary/aromatic N) is 1. The van der Waals surface area contributed by atoms with Gasteiger partial charge in [0.2, 0.25) is 0 Å². The van der Waals surface area contributed by atoms with E-state index < -0.39 is 0 Å². The van der Waals surface area contributed by atoms with Crippen LogP contribution in [0.3, 0.4) is 0 Å². The SMILES string of the molecule is CC.OCC1CCN(Cc2ccccc2)C1. The molecule has 0 saturated carbocycles. The van der Waals surface area contributed by atoms with Gasteiger partial charge in [0.05, 0.1) is 0 Å². The Labute approximate surface area is 98.9 Å². The minimum Gasteiger partial charge on any atom is -0.396 e. The Hall–Kier alpha value is -0.860. The van der Waals surface area contributed by atoms with Gasteiger partial charge in [0, 0.05) is 19.7 Å². The third-order valence-corrected chi connectivity index (χ3v) is 2.88. The molecule has 1 N–H and O–H groups in total. The van der Waals surface area contributed by atoms with Crippen molar-refractivity contribution in [2.75, 3.05) is 19.7 Å². The molecule has 16 heavy (non-hydrogen) atoms. The molecule has 1 aromatic rings. The van der Waals surface area contributed by atoms with Gasteiger partial charge in [0.25, 0.3) is 0 Å². The fraction of sp³-hybridized carbons (Fsp3) is 0.571. The minimum atomic E-state index is 0.339. The Morgan fingerprint density at radius 1 is 1.25 bits per heavy atom. The summed E-state index contributed by atoms with van der Waals surface area (Å²) in [5.41, 5.74) is 1.37. The van der Waals surface area contributed by atoms with Crippen molar-refractivity contribution in [3.63, 3.8) is 0 Å². The van der Waals surface area contributed by atoms with Gasteiger partial charge in [-0.15, -0.1) is 0 Å². The second-order valence-corrected chi connectivity index (χ2v) is 4.06. The van der Waals surface area contributed by atoms with Crippen molar-refractivity contribution >= 4 is 0 Å². The van der Waals surface area contributed by atoms with Crippen molar-refractivity contribution in [2.24, 2.45) is 5.92 Å². The first-order valence-corrected chi connectivity index (χ1v) is 6.25. The highest BCUT2D eigenvalue weighted by atomic mass is 16.3. The van der Waals surface area contributed by atoms with E-state index in [9.17, 15) is 0 Å². The molecule has 1 aromatic carbocycles. The van der Waals surface area contributed by atoms with Gasteiger partial charge in [-0.25, -0.2) is 0 Å². The standard InChI is InChI=1S/C12H17NO.C2H6/c14-10-12-6-7-13(9-12)8-11-4-2-1-3-5-11;1-2/h1-5,12,14H,6-10H2;1-2H3. The maximum Gasteiger partial charge on any atom is 0.0471 e. The highest BCUT2D eigenvalue weighted by molar-refractivity contribution is 5.14. The first kappa shape index (κ1) is 13.2. The summed E-state index contributed by atoms with van der Waals surface area (Å²) in [4.78, 5) is 2.41. The maximum absolute atomic E-state index is 9.02. The van der Waals surface area contributed by atoms with Crippen molar-refractivity contribution < 1.29 is 5.11 Å². The molecule has 0 aliphatic carbocycles. The molecular weight excluding hydrogens is 198 g/mol. The zero-order valence-electron chi connectivity index (χ0n) is 10.4. The van der Waals surface area contributed by atoms with Crippen molar-refractivity contribution in [2.45, 2.75) is 26.8 Å². The van der Waals surface area contributed by atoms with Crippen LogP contribution >= 0.6 is 0 Å². The van der Waals surface area contributed by atoms with Crippen LogP contribution in [0.15, 0.2) is 30.3 Å². The van der Waals surface area contributed by atoms with Crippen molar-refractivity contribution in [1.29, 1.82) is 0 Å². The lowest BCUT2D eigenvalue weighted by Crippen LogP contribution is -2.20. The second-order valence-electron chi connectivity index (χ2n) is 4.06. The molecule has 1 heterocycles. The lowest BCUT2D eigenvalue weighted by atomic mass is 10.1. The van der Waals surface area contributed by atoms with Crippen LogP contribution in [0.25, 0.3) is 0 Å². The Morgan fingerprint density at radius 3 is 2.50 bits per heavy atom. The third kappa shape index (κ3) is 3.95. The smallest absolute Gasteiger partial charge is 0.0471 e. The van der Waals surface area contributed by atoms with Gasteiger partial charge in [0.15, 0.2) is 0 Å². The molecule has 0 aromatic heterocycles. The van der Waals surface area contributed by atoms with Gasteiger partial charge in [-0.2, -0.15) is 0 Å². The quantitative estimate of drug-likeness (QED) is 0.848. The van der Waals surface area contributed by atoms with Gasteiger partial charge in [-0.05, 0) is 24.4 Å². The van der Waals surface area contributed by atoms with Crippen LogP contribution in [0.1, 0.15) is 25.8 Å². The van der Waals surface area contributed by atoms with Gasteiger partial charge in [0.1, 0.15) is 0 Å². The van der Waals surface area contributed by atoms with Crippen LogP contribution in [0.5, 0.6) is 0 Å². The predicted molar refractivity (Wildman–Crippen MR) is 68.3 cm³/mol. The summed E-state index contributed by atoms with van der Waals surface area (Å²) in [7, 11) is 0. The Kier molecular flexibility index (Phi) is 6.12. The number of benzene rings is 1. The molecule has 1 fully saturated rings. The minimum absolute atomic E-state index is 0.339. The molecule has 2 rings (SSSR count). The zero-order chi connectivity index (χ0) is 11.8. The molecule has 1 saturated heterocycles. The first-order chi connectivity index (χ1) is 7.88. The number of hydrogen-bond acceptors (Lipinski definition) is 2. The lowest BCUT2D eigenvalue weighted by molar-refractivity contribution is 0.220. The molecule has 1 aliphatic rings. The van der Waals surface area contributed by atoms with E-state index in [1.165, 1.54) is 5.56 Å². The Bertz CT molecular complexity index is 273. The molecular formula is C14H23NO. The van der Waals surface area contributed by atoms with Gasteiger partial charge < -0.3 is 5.11 Å². The summed E-state index contributed by atoms with van der Waals surface area (Å²) in [6.07, 6.45) is 1.14. The van der Waals surface area contributed by atoms with Gasteiger partial charge >= 0.3 is 0 Å². The number of hydrogen-bond donors (Lipinski definition) is 1. The molecule has 2 nitrogen and oxygen atoms in total. The van der Waals surface area contributed by atoms with Crippen LogP contribution < -0.4 is 0 Å². The average Bonchev–Trinajstić information content (AvgIpc) is 2.81. The fourth-order valence-corrected chi connectivity index (χ4v) is 2.05. The third-order valence-electron chi connectivity index (χ3n) is 2.88. The molecule has 0 amide bonds. The van der Waals surface area contributed by atoms with Crippen LogP contribution in [0, 0.1) is 5.92 Å². The van der Waals surface area contributed by atoms with Crippen molar-refractivity contribution in [3.8, 4) is 0 Å². The Balaban J connectivity index is 0.000000606. The average molecular weight is 221 g/mol. The molecule has 1 unspecified atom stereocenters. The number of rotatable bonds is 3. The summed E-state index contributed by atoms with van der Waals surface area (Å²) in [6, 6.07) is 10.5. The second kappa shape index (κ2) is 7.42. The highest BCUT2D eigenvalue weighted by Gasteiger charge is 2.21. The molecule has 90 valence electrons. The molecule has 0 bridgehead atoms. The fourth-order valence-electron chi connectivity index (χ4n) is 2.05. The predicted octanol–water partition coefficient (Wildman–Crippen LogP) is 2.53. The summed E-state index contributed by atoms with van der Waals surface area (Å²) in [6.45, 7) is 7.54. The molecule has 2 heteroatoms. The highest BCUT2D eigenvalue weighted by Crippen LogP contribution is 2.17. The van der Waals surface area contributed by atoms with Crippen LogP contribution in [0.4, 0.5) is 0 Å². The van der Waals surface area contributed by atoms with E-state index in [2.05, 4.69) is 29.2 Å². The number of aliphatic hydroxyl groups is 1. The molecule has 1 atom stereocenters. The van der Waals surface area contributed by atoms with E-state index in [4.69, 9.17) is 5.11 Å². The van der Waals surface area contributed by atoms with Crippen molar-refractivity contribution in [3.05, 3.63) is 35.9 Å². The molecule has 0 radical (unpaired) electrons. The van der Waals surface area contributed by atoms with Crippen LogP contribution in [0.2, 0.25) is 0 Å². The lowest BCUT2D eigenvalue weighted by Gasteiger charge is -2.15. The largest absolute Gasteiger partial charge is 0.396 e. The van der Waals surface area contributed by atoms with E-state index >= 15 is 0 Å². The van der Waals surface area contributed by atoms with Crippen LogP contribution in [-0.2, 0) is 6.54 Å². The van der Waals surface area contributed by atoms with Gasteiger partial charge in [-0.1, -0.05) is 44.2 Å². The summed E-state index contributed by atoms with van der Waals surface area (Å²) < 4.78 is 0. The van der Waals surface area contributed by atoms with Crippen molar-refractivity contribution in [1.82, 2.24) is 4.90 Å². The Morgan fingerprint density at radius 2 is 1.94 bits per heavy atom. The normalized spacial score (nSPS) is 20.3. The maximum atomic E-state index is 9.02. The number of aliphatic hydroxyl groups excluding tert-OH is 1. The summed E-state index contributed by atoms with van der Waals surface area (Å²) in [5.74, 6) is 0.499. The summed E-state index contributed by atoms with van der Waals surface area (Å²) >= 11 is 0. The molecule has 0 spiro atoms. The van der Waals surface area contributed by atoms with Gasteiger partial charge in [-0.3, -0.25) is 4.90 Å². The first-order valence-electron chi connectivity index (χ1n) is 6.25. The zero-order valence-corrected chi connectivity index (χ0v) is 10.4.